The molecule has 3 nitrogen and oxygen atoms in total. The van der Waals surface area contributed by atoms with Gasteiger partial charge in [-0.05, 0) is 63.0 Å². The Morgan fingerprint density at radius 1 is 1.14 bits per heavy atom. The summed E-state index contributed by atoms with van der Waals surface area (Å²) < 4.78 is 0. The van der Waals surface area contributed by atoms with Gasteiger partial charge in [-0.1, -0.05) is 6.42 Å². The third kappa shape index (κ3) is 3.34. The Morgan fingerprint density at radius 3 is 2.64 bits per heavy atom. The van der Waals surface area contributed by atoms with Gasteiger partial charge in [-0.25, -0.2) is 0 Å². The highest BCUT2D eigenvalue weighted by Crippen LogP contribution is 2.30. The van der Waals surface area contributed by atoms with Gasteiger partial charge in [-0.15, -0.1) is 23.7 Å². The predicted octanol–water partition coefficient (Wildman–Crippen LogP) is 3.45. The highest BCUT2D eigenvalue weighted by molar-refractivity contribution is 7.14. The molecule has 5 heteroatoms. The highest BCUT2D eigenvalue weighted by Gasteiger charge is 2.34. The number of carbonyl (C=O) groups excluding carboxylic acids is 1. The van der Waals surface area contributed by atoms with Crippen LogP contribution in [0.4, 0.5) is 0 Å². The Labute approximate surface area is 142 Å². The fourth-order valence-electron chi connectivity index (χ4n) is 4.21. The molecular weight excluding hydrogens is 316 g/mol. The zero-order valence-electron chi connectivity index (χ0n) is 12.9. The molecule has 2 N–H and O–H groups in total. The maximum absolute atomic E-state index is 12.5. The molecule has 1 aliphatic carbocycles. The van der Waals surface area contributed by atoms with Crippen LogP contribution in [0, 0.1) is 0 Å². The van der Waals surface area contributed by atoms with Crippen LogP contribution in [0.25, 0.3) is 0 Å². The van der Waals surface area contributed by atoms with Crippen molar-refractivity contribution in [2.45, 2.75) is 75.9 Å². The molecule has 2 fully saturated rings. The van der Waals surface area contributed by atoms with E-state index in [1.807, 2.05) is 0 Å². The quantitative estimate of drug-likeness (QED) is 0.810. The van der Waals surface area contributed by atoms with E-state index >= 15 is 0 Å². The van der Waals surface area contributed by atoms with E-state index < -0.39 is 0 Å². The number of piperidine rings is 1. The van der Waals surface area contributed by atoms with Crippen molar-refractivity contribution in [1.29, 1.82) is 0 Å². The summed E-state index contributed by atoms with van der Waals surface area (Å²) >= 11 is 1.73. The van der Waals surface area contributed by atoms with Crippen molar-refractivity contribution in [1.82, 2.24) is 10.6 Å². The van der Waals surface area contributed by atoms with Gasteiger partial charge in [0.05, 0.1) is 4.88 Å². The Morgan fingerprint density at radius 2 is 1.86 bits per heavy atom. The number of amides is 1. The number of thiophene rings is 1. The molecular formula is C17H25ClN2OS. The van der Waals surface area contributed by atoms with Gasteiger partial charge in [0.15, 0.2) is 0 Å². The summed E-state index contributed by atoms with van der Waals surface area (Å²) in [5.74, 6) is 0.166. The molecule has 122 valence electrons. The van der Waals surface area contributed by atoms with Crippen molar-refractivity contribution in [3.8, 4) is 0 Å². The van der Waals surface area contributed by atoms with E-state index in [1.165, 1.54) is 49.0 Å². The fourth-order valence-corrected chi connectivity index (χ4v) is 5.37. The van der Waals surface area contributed by atoms with Crippen LogP contribution in [0.1, 0.15) is 65.1 Å². The highest BCUT2D eigenvalue weighted by atomic mass is 35.5. The van der Waals surface area contributed by atoms with Crippen LogP contribution in [0.2, 0.25) is 0 Å². The van der Waals surface area contributed by atoms with Gasteiger partial charge in [0.2, 0.25) is 0 Å². The third-order valence-corrected chi connectivity index (χ3v) is 6.51. The molecule has 4 rings (SSSR count). The van der Waals surface area contributed by atoms with Crippen LogP contribution in [-0.2, 0) is 12.8 Å². The van der Waals surface area contributed by atoms with E-state index in [-0.39, 0.29) is 18.3 Å². The van der Waals surface area contributed by atoms with E-state index in [1.54, 1.807) is 11.3 Å². The van der Waals surface area contributed by atoms with Crippen LogP contribution < -0.4 is 10.6 Å². The second kappa shape index (κ2) is 6.90. The Hall–Kier alpha value is -0.580. The molecule has 2 atom stereocenters. The molecule has 2 aliphatic heterocycles. The molecule has 3 aliphatic rings. The van der Waals surface area contributed by atoms with E-state index in [2.05, 4.69) is 16.7 Å². The van der Waals surface area contributed by atoms with Gasteiger partial charge in [0.25, 0.3) is 5.91 Å². The van der Waals surface area contributed by atoms with Crippen molar-refractivity contribution in [2.75, 3.05) is 0 Å². The Kier molecular flexibility index (Phi) is 5.10. The number of carbonyl (C=O) groups is 1. The first-order valence-corrected chi connectivity index (χ1v) is 9.28. The summed E-state index contributed by atoms with van der Waals surface area (Å²) in [6.45, 7) is 0. The predicted molar refractivity (Wildman–Crippen MR) is 93.3 cm³/mol. The van der Waals surface area contributed by atoms with Crippen LogP contribution in [0.15, 0.2) is 6.07 Å². The van der Waals surface area contributed by atoms with Crippen LogP contribution >= 0.6 is 23.7 Å². The van der Waals surface area contributed by atoms with Gasteiger partial charge in [0.1, 0.15) is 0 Å². The minimum Gasteiger partial charge on any atom is -0.348 e. The normalized spacial score (nSPS) is 30.1. The minimum atomic E-state index is 0. The first kappa shape index (κ1) is 16.3. The zero-order valence-corrected chi connectivity index (χ0v) is 14.5. The smallest absolute Gasteiger partial charge is 0.261 e. The maximum Gasteiger partial charge on any atom is 0.261 e. The van der Waals surface area contributed by atoms with Crippen LogP contribution in [0.5, 0.6) is 0 Å². The number of hydrogen-bond acceptors (Lipinski definition) is 3. The lowest BCUT2D eigenvalue weighted by molar-refractivity contribution is 0.0928. The average Bonchev–Trinajstić information content (AvgIpc) is 2.96. The summed E-state index contributed by atoms with van der Waals surface area (Å²) in [5.41, 5.74) is 1.44. The van der Waals surface area contributed by atoms with Crippen molar-refractivity contribution in [3.63, 3.8) is 0 Å². The number of rotatable bonds is 2. The Bertz CT molecular complexity index is 509. The standard InChI is InChI=1S/C17H24N2OS.ClH/c20-17(19-14-9-12-6-7-13(10-14)18-12)16-8-11-4-2-1-3-5-15(11)21-16;/h8,12-14,18H,1-7,9-10H2,(H,19,20);1H. The largest absolute Gasteiger partial charge is 0.348 e. The van der Waals surface area contributed by atoms with E-state index in [0.29, 0.717) is 18.1 Å². The van der Waals surface area contributed by atoms with E-state index in [0.717, 1.165) is 24.1 Å². The molecule has 2 bridgehead atoms. The molecule has 1 amide bonds. The Balaban J connectivity index is 0.00000144. The van der Waals surface area contributed by atoms with E-state index in [9.17, 15) is 4.79 Å². The number of aryl methyl sites for hydroxylation is 2. The monoisotopic (exact) mass is 340 g/mol. The lowest BCUT2D eigenvalue weighted by atomic mass is 10.00. The molecule has 0 aromatic carbocycles. The number of hydrogen-bond donors (Lipinski definition) is 2. The van der Waals surface area contributed by atoms with E-state index in [4.69, 9.17) is 0 Å². The molecule has 0 saturated carbocycles. The molecule has 0 radical (unpaired) electrons. The zero-order chi connectivity index (χ0) is 14.2. The molecule has 2 unspecified atom stereocenters. The molecule has 1 aromatic heterocycles. The summed E-state index contributed by atoms with van der Waals surface area (Å²) in [5, 5.41) is 6.92. The number of nitrogens with one attached hydrogen (secondary N) is 2. The lowest BCUT2D eigenvalue weighted by Gasteiger charge is -2.29. The van der Waals surface area contributed by atoms with Crippen molar-refractivity contribution in [3.05, 3.63) is 21.4 Å². The molecule has 1 aromatic rings. The molecule has 2 saturated heterocycles. The van der Waals surface area contributed by atoms with Crippen molar-refractivity contribution < 1.29 is 4.79 Å². The summed E-state index contributed by atoms with van der Waals surface area (Å²) in [4.78, 5) is 14.9. The summed E-state index contributed by atoms with van der Waals surface area (Å²) in [7, 11) is 0. The van der Waals surface area contributed by atoms with Gasteiger partial charge in [-0.2, -0.15) is 0 Å². The third-order valence-electron chi connectivity index (χ3n) is 5.28. The molecule has 0 spiro atoms. The van der Waals surface area contributed by atoms with Gasteiger partial charge < -0.3 is 10.6 Å². The fraction of sp³-hybridized carbons (Fsp3) is 0.706. The number of halogens is 1. The van der Waals surface area contributed by atoms with Crippen LogP contribution in [0.3, 0.4) is 0 Å². The topological polar surface area (TPSA) is 41.1 Å². The minimum absolute atomic E-state index is 0. The maximum atomic E-state index is 12.5. The SMILES string of the molecule is Cl.O=C(NC1CC2CCC(C1)N2)c1cc2c(s1)CCCCC2. The van der Waals surface area contributed by atoms with Gasteiger partial charge in [0, 0.05) is 23.0 Å². The second-order valence-corrected chi connectivity index (χ2v) is 8.04. The average molecular weight is 341 g/mol. The summed E-state index contributed by atoms with van der Waals surface area (Å²) in [6, 6.07) is 3.80. The first-order chi connectivity index (χ1) is 10.3. The number of fused-ring (bicyclic) bond motifs is 3. The molecule has 3 heterocycles. The van der Waals surface area contributed by atoms with Crippen molar-refractivity contribution in [2.24, 2.45) is 0 Å². The van der Waals surface area contributed by atoms with Gasteiger partial charge >= 0.3 is 0 Å². The summed E-state index contributed by atoms with van der Waals surface area (Å²) in [6.07, 6.45) is 11.0. The first-order valence-electron chi connectivity index (χ1n) is 8.46. The van der Waals surface area contributed by atoms with Crippen LogP contribution in [-0.4, -0.2) is 24.0 Å². The van der Waals surface area contributed by atoms with Crippen molar-refractivity contribution >= 4 is 29.7 Å². The molecule has 22 heavy (non-hydrogen) atoms. The second-order valence-electron chi connectivity index (χ2n) is 6.90. The lowest BCUT2D eigenvalue weighted by Crippen LogP contribution is -2.47. The van der Waals surface area contributed by atoms with Gasteiger partial charge in [-0.3, -0.25) is 4.79 Å².